The third kappa shape index (κ3) is 2.94. The molecule has 0 unspecified atom stereocenters. The van der Waals surface area contributed by atoms with E-state index in [1.54, 1.807) is 17.7 Å². The van der Waals surface area contributed by atoms with Gasteiger partial charge >= 0.3 is 0 Å². The lowest BCUT2D eigenvalue weighted by atomic mass is 10.0. The highest BCUT2D eigenvalue weighted by Gasteiger charge is 2.24. The monoisotopic (exact) mass is 388 g/mol. The summed E-state index contributed by atoms with van der Waals surface area (Å²) in [5.41, 5.74) is 6.29. The zero-order valence-corrected chi connectivity index (χ0v) is 17.0. The van der Waals surface area contributed by atoms with Gasteiger partial charge in [-0.3, -0.25) is 0 Å². The molecule has 1 aliphatic rings. The largest absolute Gasteiger partial charge is 0.369 e. The topological polar surface area (TPSA) is 50.7 Å². The van der Waals surface area contributed by atoms with Gasteiger partial charge in [0.1, 0.15) is 17.0 Å². The molecule has 0 saturated heterocycles. The van der Waals surface area contributed by atoms with Crippen LogP contribution in [0.3, 0.4) is 0 Å². The van der Waals surface area contributed by atoms with Crippen molar-refractivity contribution in [2.24, 2.45) is 0 Å². The molecule has 0 atom stereocenters. The van der Waals surface area contributed by atoms with Crippen LogP contribution < -0.4 is 5.32 Å². The van der Waals surface area contributed by atoms with E-state index in [0.717, 1.165) is 45.9 Å². The van der Waals surface area contributed by atoms with E-state index >= 15 is 0 Å². The van der Waals surface area contributed by atoms with Gasteiger partial charge in [0.2, 0.25) is 0 Å². The minimum Gasteiger partial charge on any atom is -0.369 e. The van der Waals surface area contributed by atoms with Crippen LogP contribution in [0.4, 0.5) is 5.82 Å². The van der Waals surface area contributed by atoms with Crippen molar-refractivity contribution in [3.8, 4) is 11.3 Å². The molecule has 3 heterocycles. The average molecular weight is 389 g/mol. The third-order valence-corrected chi connectivity index (χ3v) is 6.67. The van der Waals surface area contributed by atoms with Crippen LogP contribution in [0.25, 0.3) is 31.7 Å². The Kier molecular flexibility index (Phi) is 4.69. The van der Waals surface area contributed by atoms with E-state index in [2.05, 4.69) is 52.5 Å². The second-order valence-electron chi connectivity index (χ2n) is 7.45. The maximum Gasteiger partial charge on any atom is 0.147 e. The quantitative estimate of drug-likeness (QED) is 0.412. The molecule has 0 amide bonds. The van der Waals surface area contributed by atoms with Crippen molar-refractivity contribution < 1.29 is 0 Å². The number of aromatic nitrogens is 3. The summed E-state index contributed by atoms with van der Waals surface area (Å²) in [5.74, 6) is 0.956. The number of unbranched alkanes of at least 4 members (excludes halogenated alkanes) is 2. The van der Waals surface area contributed by atoms with Crippen LogP contribution in [0, 0.1) is 0 Å². The number of fused-ring (bicyclic) bond motifs is 5. The second kappa shape index (κ2) is 7.47. The Morgan fingerprint density at radius 1 is 1.04 bits per heavy atom. The molecular formula is C23H24N4S. The van der Waals surface area contributed by atoms with Gasteiger partial charge in [-0.15, -0.1) is 11.3 Å². The summed E-state index contributed by atoms with van der Waals surface area (Å²) in [6.07, 6.45) is 8.74. The number of nitrogens with one attached hydrogen (secondary N) is 1. The minimum absolute atomic E-state index is 0.953. The standard InChI is InChI=1S/C23H24N4S/c1-2-3-7-13-24-22-21-20(25-14-26-22)18-16-11-8-12-17(16)19(27-23(18)28-21)15-9-5-4-6-10-15/h4-6,9-10,14H,2-3,7-8,11-13H2,1H3,(H,24,25,26). The predicted molar refractivity (Wildman–Crippen MR) is 118 cm³/mol. The molecule has 28 heavy (non-hydrogen) atoms. The first-order chi connectivity index (χ1) is 13.9. The van der Waals surface area contributed by atoms with Crippen molar-refractivity contribution in [3.63, 3.8) is 0 Å². The number of aryl methyl sites for hydroxylation is 1. The van der Waals surface area contributed by atoms with E-state index in [-0.39, 0.29) is 0 Å². The second-order valence-corrected chi connectivity index (χ2v) is 8.45. The summed E-state index contributed by atoms with van der Waals surface area (Å²) < 4.78 is 1.14. The lowest BCUT2D eigenvalue weighted by Crippen LogP contribution is -2.03. The zero-order valence-electron chi connectivity index (χ0n) is 16.2. The highest BCUT2D eigenvalue weighted by atomic mass is 32.1. The number of benzene rings is 1. The average Bonchev–Trinajstić information content (AvgIpc) is 3.35. The Morgan fingerprint density at radius 3 is 2.75 bits per heavy atom. The van der Waals surface area contributed by atoms with Gasteiger partial charge in [-0.1, -0.05) is 50.1 Å². The molecule has 142 valence electrons. The zero-order chi connectivity index (χ0) is 18.9. The van der Waals surface area contributed by atoms with Gasteiger partial charge in [0.15, 0.2) is 0 Å². The van der Waals surface area contributed by atoms with E-state index < -0.39 is 0 Å². The molecule has 0 saturated carbocycles. The summed E-state index contributed by atoms with van der Waals surface area (Å²) in [4.78, 5) is 15.4. The molecule has 5 rings (SSSR count). The number of thiophene rings is 1. The van der Waals surface area contributed by atoms with Gasteiger partial charge in [-0.05, 0) is 36.8 Å². The summed E-state index contributed by atoms with van der Waals surface area (Å²) in [6, 6.07) is 10.6. The highest BCUT2D eigenvalue weighted by Crippen LogP contribution is 2.43. The number of hydrogen-bond donors (Lipinski definition) is 1. The molecule has 0 fully saturated rings. The summed E-state index contributed by atoms with van der Waals surface area (Å²) in [5, 5.41) is 4.78. The molecule has 4 nitrogen and oxygen atoms in total. The van der Waals surface area contributed by atoms with Crippen LogP contribution in [-0.4, -0.2) is 21.5 Å². The van der Waals surface area contributed by atoms with Crippen molar-refractivity contribution in [1.82, 2.24) is 15.0 Å². The fraction of sp³-hybridized carbons (Fsp3) is 0.348. The van der Waals surface area contributed by atoms with Gasteiger partial charge in [-0.2, -0.15) is 0 Å². The van der Waals surface area contributed by atoms with Crippen molar-refractivity contribution in [3.05, 3.63) is 47.8 Å². The van der Waals surface area contributed by atoms with Crippen molar-refractivity contribution in [1.29, 1.82) is 0 Å². The Hall–Kier alpha value is -2.53. The molecule has 1 N–H and O–H groups in total. The maximum atomic E-state index is 5.13. The van der Waals surface area contributed by atoms with Crippen LogP contribution in [0.5, 0.6) is 0 Å². The fourth-order valence-electron chi connectivity index (χ4n) is 4.24. The van der Waals surface area contributed by atoms with Crippen LogP contribution in [0.1, 0.15) is 43.7 Å². The summed E-state index contributed by atoms with van der Waals surface area (Å²) >= 11 is 1.73. The van der Waals surface area contributed by atoms with E-state index in [1.165, 1.54) is 47.8 Å². The molecule has 0 aliphatic heterocycles. The van der Waals surface area contributed by atoms with Gasteiger partial charge in [0.25, 0.3) is 0 Å². The van der Waals surface area contributed by atoms with E-state index in [1.807, 2.05) is 0 Å². The lowest BCUT2D eigenvalue weighted by Gasteiger charge is -2.09. The van der Waals surface area contributed by atoms with Crippen LogP contribution in [0.2, 0.25) is 0 Å². The molecule has 3 aromatic heterocycles. The molecule has 4 aromatic rings. The highest BCUT2D eigenvalue weighted by molar-refractivity contribution is 7.26. The van der Waals surface area contributed by atoms with Gasteiger partial charge in [0, 0.05) is 17.5 Å². The van der Waals surface area contributed by atoms with Crippen molar-refractivity contribution >= 4 is 37.6 Å². The van der Waals surface area contributed by atoms with Crippen LogP contribution in [-0.2, 0) is 12.8 Å². The molecule has 1 aromatic carbocycles. The molecule has 0 spiro atoms. The van der Waals surface area contributed by atoms with Crippen molar-refractivity contribution in [2.45, 2.75) is 45.4 Å². The Labute approximate surface area is 169 Å². The molecule has 0 bridgehead atoms. The van der Waals surface area contributed by atoms with Gasteiger partial charge in [-0.25, -0.2) is 15.0 Å². The normalized spacial score (nSPS) is 13.3. The van der Waals surface area contributed by atoms with Gasteiger partial charge in [0.05, 0.1) is 15.9 Å². The molecule has 1 aliphatic carbocycles. The summed E-state index contributed by atoms with van der Waals surface area (Å²) in [7, 11) is 0. The number of hydrogen-bond acceptors (Lipinski definition) is 5. The van der Waals surface area contributed by atoms with E-state index in [4.69, 9.17) is 4.98 Å². The SMILES string of the molecule is CCCCCNc1ncnc2c1sc1nc(-c3ccccc3)c3c(c12)CCC3. The minimum atomic E-state index is 0.953. The van der Waals surface area contributed by atoms with Gasteiger partial charge < -0.3 is 5.32 Å². The number of pyridine rings is 1. The predicted octanol–water partition coefficient (Wildman–Crippen LogP) is 6.00. The first-order valence-corrected chi connectivity index (χ1v) is 11.1. The third-order valence-electron chi connectivity index (χ3n) is 5.59. The Morgan fingerprint density at radius 2 is 1.89 bits per heavy atom. The van der Waals surface area contributed by atoms with Crippen LogP contribution >= 0.6 is 11.3 Å². The first-order valence-electron chi connectivity index (χ1n) is 10.2. The summed E-state index contributed by atoms with van der Waals surface area (Å²) in [6.45, 7) is 3.18. The molecule has 5 heteroatoms. The number of anilines is 1. The first kappa shape index (κ1) is 17.6. The van der Waals surface area contributed by atoms with E-state index in [0.29, 0.717) is 0 Å². The number of nitrogens with zero attached hydrogens (tertiary/aromatic N) is 3. The molecule has 0 radical (unpaired) electrons. The Bertz CT molecular complexity index is 1130. The fourth-order valence-corrected chi connectivity index (χ4v) is 5.37. The lowest BCUT2D eigenvalue weighted by molar-refractivity contribution is 0.743. The van der Waals surface area contributed by atoms with Crippen LogP contribution in [0.15, 0.2) is 36.7 Å². The smallest absolute Gasteiger partial charge is 0.147 e. The maximum absolute atomic E-state index is 5.13. The Balaban J connectivity index is 1.67. The number of rotatable bonds is 6. The molecular weight excluding hydrogens is 364 g/mol. The van der Waals surface area contributed by atoms with Crippen molar-refractivity contribution in [2.75, 3.05) is 11.9 Å². The van der Waals surface area contributed by atoms with E-state index in [9.17, 15) is 0 Å².